The molecule has 29 heavy (non-hydrogen) atoms. The molecule has 0 aromatic heterocycles. The van der Waals surface area contributed by atoms with Crippen LogP contribution in [-0.4, -0.2) is 61.0 Å². The molecule has 2 rings (SSSR count). The third kappa shape index (κ3) is 9.78. The van der Waals surface area contributed by atoms with E-state index in [2.05, 4.69) is 9.62 Å². The van der Waals surface area contributed by atoms with E-state index in [4.69, 9.17) is 4.74 Å². The van der Waals surface area contributed by atoms with Crippen molar-refractivity contribution in [1.29, 1.82) is 0 Å². The van der Waals surface area contributed by atoms with Crippen molar-refractivity contribution in [3.63, 3.8) is 0 Å². The lowest BCUT2D eigenvalue weighted by atomic mass is 10.1. The van der Waals surface area contributed by atoms with E-state index >= 15 is 0 Å². The van der Waals surface area contributed by atoms with Crippen molar-refractivity contribution in [1.82, 2.24) is 4.90 Å². The van der Waals surface area contributed by atoms with Gasteiger partial charge in [0.2, 0.25) is 10.0 Å². The largest absolute Gasteiger partial charge is 0.492 e. The first-order chi connectivity index (χ1) is 13.5. The Kier molecular flexibility index (Phi) is 8.06. The van der Waals surface area contributed by atoms with Crippen LogP contribution in [0.4, 0.5) is 5.69 Å². The summed E-state index contributed by atoms with van der Waals surface area (Å²) in [6.45, 7) is 2.12. The normalized spacial score (nSPS) is 12.1. The van der Waals surface area contributed by atoms with Gasteiger partial charge in [0.1, 0.15) is 12.4 Å². The molecule has 2 aromatic rings. The van der Waals surface area contributed by atoms with Crippen molar-refractivity contribution >= 4 is 25.5 Å². The lowest BCUT2D eigenvalue weighted by Crippen LogP contribution is -2.26. The van der Waals surface area contributed by atoms with E-state index in [1.807, 2.05) is 19.2 Å². The molecule has 160 valence electrons. The minimum atomic E-state index is -3.26. The Morgan fingerprint density at radius 1 is 0.862 bits per heavy atom. The van der Waals surface area contributed by atoms with Crippen molar-refractivity contribution in [3.05, 3.63) is 59.7 Å². The van der Waals surface area contributed by atoms with Crippen molar-refractivity contribution in [3.8, 4) is 5.75 Å². The van der Waals surface area contributed by atoms with Crippen LogP contribution < -0.4 is 9.46 Å². The molecule has 0 atom stereocenters. The zero-order valence-electron chi connectivity index (χ0n) is 17.0. The maximum Gasteiger partial charge on any atom is 0.229 e. The Morgan fingerprint density at radius 2 is 1.45 bits per heavy atom. The summed E-state index contributed by atoms with van der Waals surface area (Å²) < 4.78 is 53.2. The van der Waals surface area contributed by atoms with Crippen LogP contribution in [0.1, 0.15) is 11.1 Å². The number of hydrogen-bond acceptors (Lipinski definition) is 6. The van der Waals surface area contributed by atoms with E-state index in [0.29, 0.717) is 18.0 Å². The highest BCUT2D eigenvalue weighted by Gasteiger charge is 2.06. The molecule has 0 spiro atoms. The van der Waals surface area contributed by atoms with Crippen molar-refractivity contribution in [2.24, 2.45) is 0 Å². The zero-order valence-corrected chi connectivity index (χ0v) is 18.6. The molecule has 0 saturated heterocycles. The third-order valence-electron chi connectivity index (χ3n) is 4.13. The van der Waals surface area contributed by atoms with Crippen molar-refractivity contribution < 1.29 is 21.6 Å². The molecule has 1 N–H and O–H groups in total. The Balaban J connectivity index is 1.71. The van der Waals surface area contributed by atoms with Gasteiger partial charge in [-0.2, -0.15) is 0 Å². The van der Waals surface area contributed by atoms with Gasteiger partial charge in [-0.1, -0.05) is 24.3 Å². The second-order valence-electron chi connectivity index (χ2n) is 7.19. The SMILES string of the molecule is CN(CCOc1ccc(CS(C)(=O)=O)cc1)CCc1ccc(NS(C)(=O)=O)cc1. The molecule has 0 unspecified atom stereocenters. The molecule has 0 bridgehead atoms. The highest BCUT2D eigenvalue weighted by atomic mass is 32.2. The molecule has 0 aliphatic heterocycles. The van der Waals surface area contributed by atoms with Crippen molar-refractivity contribution in [2.75, 3.05) is 44.0 Å². The zero-order chi connectivity index (χ0) is 21.5. The Bertz CT molecular complexity index is 986. The summed E-state index contributed by atoms with van der Waals surface area (Å²) in [4.78, 5) is 2.15. The lowest BCUT2D eigenvalue weighted by molar-refractivity contribution is 0.239. The summed E-state index contributed by atoms with van der Waals surface area (Å²) in [6, 6.07) is 14.4. The summed E-state index contributed by atoms with van der Waals surface area (Å²) in [5, 5.41) is 0. The van der Waals surface area contributed by atoms with Crippen LogP contribution in [-0.2, 0) is 32.0 Å². The number of sulfone groups is 1. The maximum absolute atomic E-state index is 11.3. The molecular formula is C20H28N2O5S2. The van der Waals surface area contributed by atoms with Crippen molar-refractivity contribution in [2.45, 2.75) is 12.2 Å². The molecular weight excluding hydrogens is 412 g/mol. The second-order valence-corrected chi connectivity index (χ2v) is 11.1. The number of nitrogens with one attached hydrogen (secondary N) is 1. The first-order valence-corrected chi connectivity index (χ1v) is 13.1. The fourth-order valence-corrected chi connectivity index (χ4v) is 4.05. The quantitative estimate of drug-likeness (QED) is 0.576. The number of ether oxygens (including phenoxy) is 1. The minimum absolute atomic E-state index is 0.0291. The number of sulfonamides is 1. The van der Waals surface area contributed by atoms with Gasteiger partial charge in [0.05, 0.1) is 12.0 Å². The lowest BCUT2D eigenvalue weighted by Gasteiger charge is -2.17. The average Bonchev–Trinajstić information content (AvgIpc) is 2.60. The molecule has 0 saturated carbocycles. The monoisotopic (exact) mass is 440 g/mol. The Labute approximate surface area is 173 Å². The van der Waals surface area contributed by atoms with E-state index in [9.17, 15) is 16.8 Å². The molecule has 0 fully saturated rings. The van der Waals surface area contributed by atoms with E-state index in [-0.39, 0.29) is 5.75 Å². The fraction of sp³-hybridized carbons (Fsp3) is 0.400. The number of hydrogen-bond donors (Lipinski definition) is 1. The van der Waals surface area contributed by atoms with E-state index in [0.717, 1.165) is 36.9 Å². The first-order valence-electron chi connectivity index (χ1n) is 9.15. The molecule has 2 aromatic carbocycles. The number of benzene rings is 2. The van der Waals surface area contributed by atoms with Gasteiger partial charge in [0.15, 0.2) is 9.84 Å². The topological polar surface area (TPSA) is 92.8 Å². The molecule has 0 aliphatic rings. The van der Waals surface area contributed by atoms with Gasteiger partial charge in [-0.3, -0.25) is 4.72 Å². The van der Waals surface area contributed by atoms with Crippen LogP contribution in [0.3, 0.4) is 0 Å². The molecule has 0 aliphatic carbocycles. The molecule has 9 heteroatoms. The van der Waals surface area contributed by atoms with Gasteiger partial charge in [-0.25, -0.2) is 16.8 Å². The Morgan fingerprint density at radius 3 is 2.00 bits per heavy atom. The van der Waals surface area contributed by atoms with Crippen LogP contribution in [0.15, 0.2) is 48.5 Å². The number of likely N-dealkylation sites (N-methyl/N-ethyl adjacent to an activating group) is 1. The molecule has 0 radical (unpaired) electrons. The predicted molar refractivity (Wildman–Crippen MR) is 117 cm³/mol. The second kappa shape index (κ2) is 10.1. The maximum atomic E-state index is 11.3. The summed E-state index contributed by atoms with van der Waals surface area (Å²) >= 11 is 0. The minimum Gasteiger partial charge on any atom is -0.492 e. The van der Waals surface area contributed by atoms with Gasteiger partial charge < -0.3 is 9.64 Å². The van der Waals surface area contributed by atoms with Crippen LogP contribution in [0.2, 0.25) is 0 Å². The fourth-order valence-electron chi connectivity index (χ4n) is 2.69. The standard InChI is InChI=1S/C20H28N2O5S2/c1-22(13-12-17-4-8-19(9-5-17)21-29(3,25)26)14-15-27-20-10-6-18(7-11-20)16-28(2,23)24/h4-11,21H,12-16H2,1-3H3. The smallest absolute Gasteiger partial charge is 0.229 e. The summed E-state index contributed by atoms with van der Waals surface area (Å²) in [5.41, 5.74) is 2.42. The first kappa shape index (κ1) is 23.2. The number of rotatable bonds is 11. The average molecular weight is 441 g/mol. The van der Waals surface area contributed by atoms with Crippen LogP contribution in [0.25, 0.3) is 0 Å². The highest BCUT2D eigenvalue weighted by molar-refractivity contribution is 7.92. The third-order valence-corrected chi connectivity index (χ3v) is 5.60. The van der Waals surface area contributed by atoms with Crippen LogP contribution >= 0.6 is 0 Å². The molecule has 0 amide bonds. The van der Waals surface area contributed by atoms with Crippen LogP contribution in [0.5, 0.6) is 5.75 Å². The highest BCUT2D eigenvalue weighted by Crippen LogP contribution is 2.14. The van der Waals surface area contributed by atoms with Gasteiger partial charge >= 0.3 is 0 Å². The van der Waals surface area contributed by atoms with E-state index in [1.54, 1.807) is 36.4 Å². The number of anilines is 1. The van der Waals surface area contributed by atoms with Gasteiger partial charge in [0, 0.05) is 25.0 Å². The predicted octanol–water partition coefficient (Wildman–Crippen LogP) is 2.16. The summed E-state index contributed by atoms with van der Waals surface area (Å²) in [7, 11) is -4.28. The Hall–Kier alpha value is -2.10. The molecule has 0 heterocycles. The van der Waals surface area contributed by atoms with Gasteiger partial charge in [-0.05, 0) is 48.9 Å². The van der Waals surface area contributed by atoms with E-state index in [1.165, 1.54) is 6.26 Å². The van der Waals surface area contributed by atoms with Gasteiger partial charge in [-0.15, -0.1) is 0 Å². The summed E-state index contributed by atoms with van der Waals surface area (Å²) in [6.07, 6.45) is 3.19. The summed E-state index contributed by atoms with van der Waals surface area (Å²) in [5.74, 6) is 0.742. The molecule has 7 nitrogen and oxygen atoms in total. The number of nitrogens with zero attached hydrogens (tertiary/aromatic N) is 1. The van der Waals surface area contributed by atoms with Gasteiger partial charge in [0.25, 0.3) is 0 Å². The van der Waals surface area contributed by atoms with E-state index < -0.39 is 19.9 Å². The van der Waals surface area contributed by atoms with Crippen LogP contribution in [0, 0.1) is 0 Å².